The monoisotopic (exact) mass is 287 g/mol. The number of anilines is 1. The lowest BCUT2D eigenvalue weighted by atomic mass is 10.3. The molecule has 0 bridgehead atoms. The van der Waals surface area contributed by atoms with Gasteiger partial charge in [0.05, 0.1) is 13.2 Å². The predicted octanol–water partition coefficient (Wildman–Crippen LogP) is 1.81. The van der Waals surface area contributed by atoms with Crippen LogP contribution < -0.4 is 10.1 Å². The number of esters is 1. The number of amides is 2. The maximum atomic E-state index is 11.9. The largest absolute Gasteiger partial charge is 0.477 e. The zero-order valence-electron chi connectivity index (χ0n) is 11.3. The molecule has 0 aliphatic carbocycles. The van der Waals surface area contributed by atoms with Crippen LogP contribution in [0.15, 0.2) is 0 Å². The maximum absolute atomic E-state index is 11.9. The van der Waals surface area contributed by atoms with Gasteiger partial charge in [0.2, 0.25) is 5.88 Å². The van der Waals surface area contributed by atoms with Crippen molar-refractivity contribution in [2.75, 3.05) is 32.6 Å². The van der Waals surface area contributed by atoms with Crippen molar-refractivity contribution < 1.29 is 19.1 Å². The molecule has 0 saturated heterocycles. The number of carbonyl (C=O) groups excluding carboxylic acids is 2. The average Bonchev–Trinajstić information content (AvgIpc) is 2.72. The Morgan fingerprint density at radius 2 is 2.00 bits per heavy atom. The van der Waals surface area contributed by atoms with Crippen molar-refractivity contribution in [3.8, 4) is 5.88 Å². The summed E-state index contributed by atoms with van der Waals surface area (Å²) in [5.41, 5.74) is 0.156. The molecule has 0 atom stereocenters. The lowest BCUT2D eigenvalue weighted by molar-refractivity contribution is 0.0523. The molecule has 0 aliphatic rings. The van der Waals surface area contributed by atoms with E-state index in [1.54, 1.807) is 27.9 Å². The highest BCUT2D eigenvalue weighted by Gasteiger charge is 2.25. The molecule has 0 unspecified atom stereocenters. The molecular formula is C11H17N3O4S. The minimum atomic E-state index is -0.561. The van der Waals surface area contributed by atoms with Gasteiger partial charge in [-0.25, -0.2) is 9.59 Å². The molecule has 1 aromatic rings. The summed E-state index contributed by atoms with van der Waals surface area (Å²) in [6, 6.07) is -0.350. The minimum absolute atomic E-state index is 0.156. The number of nitrogens with one attached hydrogen (secondary N) is 1. The summed E-state index contributed by atoms with van der Waals surface area (Å²) in [4.78, 5) is 24.8. The fraction of sp³-hybridized carbons (Fsp3) is 0.545. The molecule has 1 rings (SSSR count). The Hall–Kier alpha value is -1.83. The maximum Gasteiger partial charge on any atom is 0.346 e. The summed E-state index contributed by atoms with van der Waals surface area (Å²) < 4.78 is 14.2. The summed E-state index contributed by atoms with van der Waals surface area (Å²) in [6.07, 6.45) is 0. The van der Waals surface area contributed by atoms with Crippen molar-refractivity contribution >= 4 is 28.5 Å². The molecule has 8 heteroatoms. The van der Waals surface area contributed by atoms with E-state index in [9.17, 15) is 9.59 Å². The second-order valence-corrected chi connectivity index (χ2v) is 4.44. The number of hydrogen-bond donors (Lipinski definition) is 1. The molecule has 0 radical (unpaired) electrons. The third-order valence-electron chi connectivity index (χ3n) is 2.05. The molecule has 1 aromatic heterocycles. The van der Waals surface area contributed by atoms with E-state index in [1.165, 1.54) is 4.90 Å². The first kappa shape index (κ1) is 15.2. The Labute approximate surface area is 115 Å². The van der Waals surface area contributed by atoms with E-state index >= 15 is 0 Å². The van der Waals surface area contributed by atoms with E-state index in [4.69, 9.17) is 9.47 Å². The number of aromatic nitrogens is 1. The topological polar surface area (TPSA) is 80.8 Å². The molecule has 19 heavy (non-hydrogen) atoms. The third-order valence-corrected chi connectivity index (χ3v) is 2.79. The summed E-state index contributed by atoms with van der Waals surface area (Å²) in [5.74, 6) is -0.381. The SMILES string of the molecule is CCOC(=O)c1c(OCC)nsc1NC(=O)N(C)C. The number of ether oxygens (including phenoxy) is 2. The summed E-state index contributed by atoms with van der Waals surface area (Å²) >= 11 is 0.982. The van der Waals surface area contributed by atoms with Crippen molar-refractivity contribution in [2.24, 2.45) is 0 Å². The molecule has 106 valence electrons. The average molecular weight is 287 g/mol. The van der Waals surface area contributed by atoms with Crippen LogP contribution in [0.2, 0.25) is 0 Å². The summed E-state index contributed by atoms with van der Waals surface area (Å²) in [5, 5.41) is 2.91. The van der Waals surface area contributed by atoms with Gasteiger partial charge in [-0.3, -0.25) is 5.32 Å². The van der Waals surface area contributed by atoms with Gasteiger partial charge in [0.1, 0.15) is 5.00 Å². The Morgan fingerprint density at radius 1 is 1.32 bits per heavy atom. The molecule has 0 spiro atoms. The van der Waals surface area contributed by atoms with Crippen molar-refractivity contribution in [3.05, 3.63) is 5.56 Å². The van der Waals surface area contributed by atoms with Crippen molar-refractivity contribution in [1.29, 1.82) is 0 Å². The van der Waals surface area contributed by atoms with Crippen LogP contribution in [-0.2, 0) is 4.74 Å². The molecule has 1 heterocycles. The molecule has 7 nitrogen and oxygen atoms in total. The second kappa shape index (κ2) is 6.93. The van der Waals surface area contributed by atoms with Crippen LogP contribution in [-0.4, -0.2) is 48.6 Å². The van der Waals surface area contributed by atoms with Crippen LogP contribution in [0.4, 0.5) is 9.80 Å². The molecule has 0 aromatic carbocycles. The molecule has 0 aliphatic heterocycles. The van der Waals surface area contributed by atoms with Gasteiger partial charge in [-0.1, -0.05) is 0 Å². The highest BCUT2D eigenvalue weighted by atomic mass is 32.1. The normalized spacial score (nSPS) is 9.89. The van der Waals surface area contributed by atoms with Gasteiger partial charge in [-0.05, 0) is 25.4 Å². The zero-order chi connectivity index (χ0) is 14.4. The Morgan fingerprint density at radius 3 is 2.53 bits per heavy atom. The fourth-order valence-corrected chi connectivity index (χ4v) is 1.90. The lowest BCUT2D eigenvalue weighted by Gasteiger charge is -2.11. The van der Waals surface area contributed by atoms with Crippen LogP contribution in [0.3, 0.4) is 0 Å². The van der Waals surface area contributed by atoms with Crippen LogP contribution in [0.5, 0.6) is 5.88 Å². The van der Waals surface area contributed by atoms with E-state index in [0.29, 0.717) is 11.6 Å². The third kappa shape index (κ3) is 3.82. The number of urea groups is 1. The highest BCUT2D eigenvalue weighted by molar-refractivity contribution is 7.11. The van der Waals surface area contributed by atoms with Crippen LogP contribution >= 0.6 is 11.5 Å². The van der Waals surface area contributed by atoms with E-state index in [2.05, 4.69) is 9.69 Å². The van der Waals surface area contributed by atoms with E-state index in [1.807, 2.05) is 0 Å². The number of nitrogens with zero attached hydrogens (tertiary/aromatic N) is 2. The minimum Gasteiger partial charge on any atom is -0.477 e. The van der Waals surface area contributed by atoms with Gasteiger partial charge >= 0.3 is 12.0 Å². The molecule has 1 N–H and O–H groups in total. The van der Waals surface area contributed by atoms with Gasteiger partial charge in [0, 0.05) is 14.1 Å². The van der Waals surface area contributed by atoms with Gasteiger partial charge in [-0.2, -0.15) is 4.37 Å². The van der Waals surface area contributed by atoms with Crippen molar-refractivity contribution in [1.82, 2.24) is 9.27 Å². The first-order valence-electron chi connectivity index (χ1n) is 5.79. The van der Waals surface area contributed by atoms with Crippen LogP contribution in [0.25, 0.3) is 0 Å². The quantitative estimate of drug-likeness (QED) is 0.835. The summed E-state index contributed by atoms with van der Waals surface area (Å²) in [6.45, 7) is 4.10. The van der Waals surface area contributed by atoms with Crippen LogP contribution in [0, 0.1) is 0 Å². The fourth-order valence-electron chi connectivity index (χ4n) is 1.19. The Kier molecular flexibility index (Phi) is 5.56. The Balaban J connectivity index is 3.03. The Bertz CT molecular complexity index is 459. The van der Waals surface area contributed by atoms with Gasteiger partial charge in [0.25, 0.3) is 0 Å². The van der Waals surface area contributed by atoms with Crippen molar-refractivity contribution in [2.45, 2.75) is 13.8 Å². The molecule has 0 fully saturated rings. The van der Waals surface area contributed by atoms with E-state index < -0.39 is 5.97 Å². The van der Waals surface area contributed by atoms with Gasteiger partial charge in [0.15, 0.2) is 5.56 Å². The highest BCUT2D eigenvalue weighted by Crippen LogP contribution is 2.31. The van der Waals surface area contributed by atoms with Crippen molar-refractivity contribution in [3.63, 3.8) is 0 Å². The van der Waals surface area contributed by atoms with Crippen LogP contribution in [0.1, 0.15) is 24.2 Å². The predicted molar refractivity (Wildman–Crippen MR) is 71.9 cm³/mol. The number of hydrogen-bond acceptors (Lipinski definition) is 6. The molecule has 0 saturated carbocycles. The van der Waals surface area contributed by atoms with E-state index in [0.717, 1.165) is 11.5 Å². The number of rotatable bonds is 5. The van der Waals surface area contributed by atoms with Gasteiger partial charge in [-0.15, -0.1) is 0 Å². The second-order valence-electron chi connectivity index (χ2n) is 3.67. The standard InChI is InChI=1S/C11H17N3O4S/c1-5-17-8-7(10(15)18-6-2)9(19-13-8)12-11(16)14(3)4/h5-6H2,1-4H3,(H,12,16). The first-order chi connectivity index (χ1) is 9.01. The molecular weight excluding hydrogens is 270 g/mol. The van der Waals surface area contributed by atoms with Gasteiger partial charge < -0.3 is 14.4 Å². The zero-order valence-corrected chi connectivity index (χ0v) is 12.2. The molecule has 2 amide bonds. The lowest BCUT2D eigenvalue weighted by Crippen LogP contribution is -2.27. The smallest absolute Gasteiger partial charge is 0.346 e. The summed E-state index contributed by atoms with van der Waals surface area (Å²) in [7, 11) is 3.20. The first-order valence-corrected chi connectivity index (χ1v) is 6.56. The van der Waals surface area contributed by atoms with E-state index in [-0.39, 0.29) is 24.1 Å². The number of carbonyl (C=O) groups is 2.